The fourth-order valence-corrected chi connectivity index (χ4v) is 3.33. The van der Waals surface area contributed by atoms with E-state index in [0.29, 0.717) is 18.6 Å². The Morgan fingerprint density at radius 2 is 1.95 bits per heavy atom. The van der Waals surface area contributed by atoms with Gasteiger partial charge in [-0.3, -0.25) is 4.79 Å². The molecule has 4 heteroatoms. The number of hydrogen-bond acceptors (Lipinski definition) is 3. The minimum Gasteiger partial charge on any atom is -0.460 e. The summed E-state index contributed by atoms with van der Waals surface area (Å²) in [6, 6.07) is 10.3. The van der Waals surface area contributed by atoms with Crippen LogP contribution in [0.25, 0.3) is 0 Å². The van der Waals surface area contributed by atoms with Gasteiger partial charge in [0.1, 0.15) is 12.6 Å². The predicted molar refractivity (Wildman–Crippen MR) is 80.8 cm³/mol. The maximum Gasteiger partial charge on any atom is 0.323 e. The van der Waals surface area contributed by atoms with Gasteiger partial charge in [0.2, 0.25) is 0 Å². The van der Waals surface area contributed by atoms with Crippen molar-refractivity contribution in [2.24, 2.45) is 5.92 Å². The summed E-state index contributed by atoms with van der Waals surface area (Å²) in [5, 5.41) is 3.45. The van der Waals surface area contributed by atoms with Gasteiger partial charge < -0.3 is 10.1 Å². The zero-order chi connectivity index (χ0) is 13.1. The zero-order valence-corrected chi connectivity index (χ0v) is 12.4. The molecule has 2 fully saturated rings. The van der Waals surface area contributed by atoms with Gasteiger partial charge in [0.05, 0.1) is 0 Å². The average molecular weight is 296 g/mol. The maximum absolute atomic E-state index is 12.1. The zero-order valence-electron chi connectivity index (χ0n) is 11.6. The molecule has 1 aliphatic heterocycles. The molecule has 3 rings (SSSR count). The number of halogens is 1. The molecule has 1 N–H and O–H groups in total. The molecule has 3 unspecified atom stereocenters. The van der Waals surface area contributed by atoms with Gasteiger partial charge in [-0.1, -0.05) is 43.2 Å². The monoisotopic (exact) mass is 295 g/mol. The summed E-state index contributed by atoms with van der Waals surface area (Å²) in [6.07, 6.45) is 6.04. The van der Waals surface area contributed by atoms with Crippen LogP contribution in [0.4, 0.5) is 0 Å². The van der Waals surface area contributed by atoms with Gasteiger partial charge in [0, 0.05) is 6.04 Å². The van der Waals surface area contributed by atoms with Crippen LogP contribution < -0.4 is 5.32 Å². The van der Waals surface area contributed by atoms with Crippen molar-refractivity contribution in [3.8, 4) is 0 Å². The van der Waals surface area contributed by atoms with Crippen molar-refractivity contribution in [1.82, 2.24) is 5.32 Å². The Hall–Kier alpha value is -1.06. The van der Waals surface area contributed by atoms with Crippen molar-refractivity contribution in [1.29, 1.82) is 0 Å². The van der Waals surface area contributed by atoms with Gasteiger partial charge in [-0.25, -0.2) is 0 Å². The van der Waals surface area contributed by atoms with E-state index in [2.05, 4.69) is 5.32 Å². The van der Waals surface area contributed by atoms with Crippen molar-refractivity contribution in [3.05, 3.63) is 35.9 Å². The van der Waals surface area contributed by atoms with E-state index in [0.717, 1.165) is 12.0 Å². The Balaban J connectivity index is 0.00000147. The van der Waals surface area contributed by atoms with E-state index in [4.69, 9.17) is 4.74 Å². The minimum absolute atomic E-state index is 0. The number of ether oxygens (including phenoxy) is 1. The SMILES string of the molecule is Cl.O=C(OCc1ccccc1)C1CC2CCCCC2N1. The molecule has 1 aromatic rings. The Kier molecular flexibility index (Phi) is 5.44. The smallest absolute Gasteiger partial charge is 0.323 e. The van der Waals surface area contributed by atoms with E-state index in [9.17, 15) is 4.79 Å². The highest BCUT2D eigenvalue weighted by atomic mass is 35.5. The van der Waals surface area contributed by atoms with Crippen LogP contribution in [-0.2, 0) is 16.1 Å². The number of rotatable bonds is 3. The molecule has 3 atom stereocenters. The van der Waals surface area contributed by atoms with E-state index in [1.165, 1.54) is 25.7 Å². The Morgan fingerprint density at radius 1 is 1.20 bits per heavy atom. The minimum atomic E-state index is -0.0863. The van der Waals surface area contributed by atoms with Crippen LogP contribution in [-0.4, -0.2) is 18.1 Å². The highest BCUT2D eigenvalue weighted by Crippen LogP contribution is 2.33. The predicted octanol–water partition coefficient (Wildman–Crippen LogP) is 3.07. The van der Waals surface area contributed by atoms with Crippen molar-refractivity contribution < 1.29 is 9.53 Å². The lowest BCUT2D eigenvalue weighted by atomic mass is 9.85. The molecule has 1 heterocycles. The molecule has 1 aromatic carbocycles. The Bertz CT molecular complexity index is 423. The van der Waals surface area contributed by atoms with E-state index in [1.54, 1.807) is 0 Å². The third kappa shape index (κ3) is 3.53. The fraction of sp³-hybridized carbons (Fsp3) is 0.562. The molecule has 20 heavy (non-hydrogen) atoms. The maximum atomic E-state index is 12.1. The first kappa shape index (κ1) is 15.3. The molecule has 2 aliphatic rings. The van der Waals surface area contributed by atoms with Crippen LogP contribution in [0.1, 0.15) is 37.7 Å². The second kappa shape index (κ2) is 7.09. The number of hydrogen-bond donors (Lipinski definition) is 1. The molecule has 1 saturated carbocycles. The first-order chi connectivity index (χ1) is 9.33. The van der Waals surface area contributed by atoms with Crippen LogP contribution in [0.5, 0.6) is 0 Å². The summed E-state index contributed by atoms with van der Waals surface area (Å²) < 4.78 is 5.42. The van der Waals surface area contributed by atoms with Crippen molar-refractivity contribution in [3.63, 3.8) is 0 Å². The molecule has 1 saturated heterocycles. The summed E-state index contributed by atoms with van der Waals surface area (Å²) in [5.41, 5.74) is 1.05. The molecule has 3 nitrogen and oxygen atoms in total. The highest BCUT2D eigenvalue weighted by Gasteiger charge is 2.38. The van der Waals surface area contributed by atoms with Gasteiger partial charge in [-0.05, 0) is 30.7 Å². The number of carbonyl (C=O) groups excluding carboxylic acids is 1. The molecule has 0 spiro atoms. The summed E-state index contributed by atoms with van der Waals surface area (Å²) >= 11 is 0. The Morgan fingerprint density at radius 3 is 2.70 bits per heavy atom. The second-order valence-corrected chi connectivity index (χ2v) is 5.70. The van der Waals surface area contributed by atoms with E-state index in [1.807, 2.05) is 30.3 Å². The molecular formula is C16H22ClNO2. The largest absolute Gasteiger partial charge is 0.460 e. The van der Waals surface area contributed by atoms with Crippen LogP contribution in [0.3, 0.4) is 0 Å². The molecule has 0 bridgehead atoms. The van der Waals surface area contributed by atoms with Gasteiger partial charge in [-0.15, -0.1) is 12.4 Å². The quantitative estimate of drug-likeness (QED) is 0.871. The van der Waals surface area contributed by atoms with Gasteiger partial charge in [0.15, 0.2) is 0 Å². The summed E-state index contributed by atoms with van der Waals surface area (Å²) in [7, 11) is 0. The molecule has 1 aliphatic carbocycles. The second-order valence-electron chi connectivity index (χ2n) is 5.70. The Labute approximate surface area is 126 Å². The average Bonchev–Trinajstić information content (AvgIpc) is 2.90. The first-order valence-electron chi connectivity index (χ1n) is 7.29. The molecule has 110 valence electrons. The summed E-state index contributed by atoms with van der Waals surface area (Å²) in [5.74, 6) is 0.598. The lowest BCUT2D eigenvalue weighted by Gasteiger charge is -2.24. The molecule has 0 amide bonds. The molecular weight excluding hydrogens is 274 g/mol. The first-order valence-corrected chi connectivity index (χ1v) is 7.29. The number of esters is 1. The number of carbonyl (C=O) groups is 1. The van der Waals surface area contributed by atoms with E-state index >= 15 is 0 Å². The lowest BCUT2D eigenvalue weighted by Crippen LogP contribution is -2.37. The summed E-state index contributed by atoms with van der Waals surface area (Å²) in [4.78, 5) is 12.1. The van der Waals surface area contributed by atoms with Gasteiger partial charge >= 0.3 is 5.97 Å². The van der Waals surface area contributed by atoms with Crippen LogP contribution in [0.2, 0.25) is 0 Å². The highest BCUT2D eigenvalue weighted by molar-refractivity contribution is 5.85. The van der Waals surface area contributed by atoms with E-state index in [-0.39, 0.29) is 24.4 Å². The van der Waals surface area contributed by atoms with Gasteiger partial charge in [-0.2, -0.15) is 0 Å². The standard InChI is InChI=1S/C16H21NO2.ClH/c18-16(19-11-12-6-2-1-3-7-12)15-10-13-8-4-5-9-14(13)17-15;/h1-3,6-7,13-15,17H,4-5,8-11H2;1H. The van der Waals surface area contributed by atoms with Crippen LogP contribution >= 0.6 is 12.4 Å². The van der Waals surface area contributed by atoms with Crippen molar-refractivity contribution >= 4 is 18.4 Å². The number of nitrogens with one attached hydrogen (secondary N) is 1. The molecule has 0 aromatic heterocycles. The lowest BCUT2D eigenvalue weighted by molar-refractivity contribution is -0.147. The van der Waals surface area contributed by atoms with Gasteiger partial charge in [0.25, 0.3) is 0 Å². The van der Waals surface area contributed by atoms with Crippen LogP contribution in [0, 0.1) is 5.92 Å². The van der Waals surface area contributed by atoms with Crippen molar-refractivity contribution in [2.75, 3.05) is 0 Å². The third-order valence-electron chi connectivity index (χ3n) is 4.37. The normalized spacial score (nSPS) is 28.3. The topological polar surface area (TPSA) is 38.3 Å². The van der Waals surface area contributed by atoms with Crippen molar-refractivity contribution in [2.45, 2.75) is 50.8 Å². The number of fused-ring (bicyclic) bond motifs is 1. The summed E-state index contributed by atoms with van der Waals surface area (Å²) in [6.45, 7) is 0.382. The fourth-order valence-electron chi connectivity index (χ4n) is 3.33. The van der Waals surface area contributed by atoms with E-state index < -0.39 is 0 Å². The third-order valence-corrected chi connectivity index (χ3v) is 4.37. The molecule has 0 radical (unpaired) electrons. The number of benzene rings is 1. The van der Waals surface area contributed by atoms with Crippen LogP contribution in [0.15, 0.2) is 30.3 Å².